The molecule has 2 amide bonds. The minimum atomic E-state index is -0.549. The van der Waals surface area contributed by atoms with Gasteiger partial charge in [-0.05, 0) is 55.2 Å². The van der Waals surface area contributed by atoms with Gasteiger partial charge in [0.25, 0.3) is 17.5 Å². The molecule has 1 aliphatic rings. The number of fused-ring (bicyclic) bond motifs is 1. The van der Waals surface area contributed by atoms with E-state index >= 15 is 0 Å². The zero-order valence-electron chi connectivity index (χ0n) is 17.0. The van der Waals surface area contributed by atoms with Crippen LogP contribution in [0.1, 0.15) is 63.9 Å². The van der Waals surface area contributed by atoms with E-state index in [-0.39, 0.29) is 11.1 Å². The molecule has 1 aliphatic carbocycles. The average Bonchev–Trinajstić information content (AvgIpc) is 2.97. The van der Waals surface area contributed by atoms with Crippen molar-refractivity contribution in [1.82, 2.24) is 0 Å². The Bertz CT molecular complexity index is 1000. The van der Waals surface area contributed by atoms with Crippen molar-refractivity contribution in [2.75, 3.05) is 5.32 Å². The first-order valence-electron chi connectivity index (χ1n) is 9.49. The van der Waals surface area contributed by atoms with Crippen molar-refractivity contribution in [2.45, 2.75) is 47.0 Å². The van der Waals surface area contributed by atoms with Gasteiger partial charge in [-0.3, -0.25) is 19.7 Å². The molecule has 0 fully saturated rings. The van der Waals surface area contributed by atoms with Crippen molar-refractivity contribution >= 4 is 33.8 Å². The van der Waals surface area contributed by atoms with Gasteiger partial charge in [0, 0.05) is 22.1 Å². The molecule has 29 heavy (non-hydrogen) atoms. The molecule has 3 N–H and O–H groups in total. The lowest BCUT2D eigenvalue weighted by Gasteiger charge is -2.33. The normalized spacial score (nSPS) is 16.2. The molecular weight excluding hydrogens is 390 g/mol. The van der Waals surface area contributed by atoms with Gasteiger partial charge in [0.15, 0.2) is 0 Å². The van der Waals surface area contributed by atoms with Gasteiger partial charge in [0.1, 0.15) is 5.00 Å². The lowest BCUT2D eigenvalue weighted by atomic mass is 9.72. The Balaban J connectivity index is 1.91. The third-order valence-corrected chi connectivity index (χ3v) is 6.79. The van der Waals surface area contributed by atoms with Crippen molar-refractivity contribution in [2.24, 2.45) is 17.1 Å². The van der Waals surface area contributed by atoms with Crippen LogP contribution in [-0.2, 0) is 12.8 Å². The number of carbonyl (C=O) groups excluding carboxylic acids is 2. The van der Waals surface area contributed by atoms with E-state index in [1.165, 1.54) is 29.5 Å². The number of anilines is 1. The SMILES string of the molecule is Cc1cc(C(=O)Nc2sc3c(c2C(N)=O)CC[C@H](C(C)(C)C)C3)ccc1[N+](=O)[O-]. The van der Waals surface area contributed by atoms with Crippen LogP contribution in [0.5, 0.6) is 0 Å². The molecule has 1 atom stereocenters. The number of hydrogen-bond donors (Lipinski definition) is 2. The molecule has 1 heterocycles. The number of thiophene rings is 1. The summed E-state index contributed by atoms with van der Waals surface area (Å²) in [4.78, 5) is 36.5. The fourth-order valence-electron chi connectivity index (χ4n) is 3.85. The number of nitrogens with zero attached hydrogens (tertiary/aromatic N) is 1. The minimum absolute atomic E-state index is 0.0424. The van der Waals surface area contributed by atoms with Crippen molar-refractivity contribution in [1.29, 1.82) is 0 Å². The van der Waals surface area contributed by atoms with Crippen LogP contribution in [0.2, 0.25) is 0 Å². The van der Waals surface area contributed by atoms with Crippen LogP contribution in [-0.4, -0.2) is 16.7 Å². The molecule has 1 aromatic carbocycles. The minimum Gasteiger partial charge on any atom is -0.365 e. The maximum Gasteiger partial charge on any atom is 0.272 e. The van der Waals surface area contributed by atoms with Gasteiger partial charge in [-0.2, -0.15) is 0 Å². The van der Waals surface area contributed by atoms with Crippen LogP contribution in [0, 0.1) is 28.4 Å². The van der Waals surface area contributed by atoms with Crippen LogP contribution >= 0.6 is 11.3 Å². The lowest BCUT2D eigenvalue weighted by molar-refractivity contribution is -0.385. The maximum atomic E-state index is 12.7. The van der Waals surface area contributed by atoms with E-state index < -0.39 is 16.7 Å². The monoisotopic (exact) mass is 415 g/mol. The highest BCUT2D eigenvalue weighted by Gasteiger charge is 2.33. The molecule has 0 aliphatic heterocycles. The molecule has 154 valence electrons. The van der Waals surface area contributed by atoms with Crippen LogP contribution in [0.15, 0.2) is 18.2 Å². The zero-order valence-corrected chi connectivity index (χ0v) is 17.8. The van der Waals surface area contributed by atoms with Gasteiger partial charge >= 0.3 is 0 Å². The molecule has 0 saturated heterocycles. The number of nitrogens with one attached hydrogen (secondary N) is 1. The van der Waals surface area contributed by atoms with Crippen LogP contribution in [0.3, 0.4) is 0 Å². The third kappa shape index (κ3) is 4.17. The summed E-state index contributed by atoms with van der Waals surface area (Å²) in [6.45, 7) is 8.22. The topological polar surface area (TPSA) is 115 Å². The molecule has 0 unspecified atom stereocenters. The molecule has 0 spiro atoms. The van der Waals surface area contributed by atoms with Crippen LogP contribution in [0.25, 0.3) is 0 Å². The molecule has 2 aromatic rings. The van der Waals surface area contributed by atoms with E-state index in [9.17, 15) is 19.7 Å². The highest BCUT2D eigenvalue weighted by molar-refractivity contribution is 7.17. The van der Waals surface area contributed by atoms with Gasteiger partial charge in [-0.1, -0.05) is 20.8 Å². The van der Waals surface area contributed by atoms with Crippen molar-refractivity contribution in [3.8, 4) is 0 Å². The highest BCUT2D eigenvalue weighted by Crippen LogP contribution is 2.44. The molecular formula is C21H25N3O4S. The summed E-state index contributed by atoms with van der Waals surface area (Å²) in [5, 5.41) is 14.2. The summed E-state index contributed by atoms with van der Waals surface area (Å²) in [6.07, 6.45) is 2.59. The van der Waals surface area contributed by atoms with Gasteiger partial charge in [-0.25, -0.2) is 0 Å². The number of aryl methyl sites for hydroxylation is 1. The Morgan fingerprint density at radius 3 is 2.55 bits per heavy atom. The Labute approximate surface area is 173 Å². The number of nitrogens with two attached hydrogens (primary N) is 1. The smallest absolute Gasteiger partial charge is 0.272 e. The van der Waals surface area contributed by atoms with Crippen molar-refractivity contribution < 1.29 is 14.5 Å². The lowest BCUT2D eigenvalue weighted by Crippen LogP contribution is -2.27. The summed E-state index contributed by atoms with van der Waals surface area (Å²) in [7, 11) is 0. The van der Waals surface area contributed by atoms with Gasteiger partial charge in [-0.15, -0.1) is 11.3 Å². The Morgan fingerprint density at radius 1 is 1.31 bits per heavy atom. The summed E-state index contributed by atoms with van der Waals surface area (Å²) in [5.74, 6) is -0.474. The van der Waals surface area contributed by atoms with Crippen molar-refractivity contribution in [3.63, 3.8) is 0 Å². The Morgan fingerprint density at radius 2 is 2.00 bits per heavy atom. The molecule has 3 rings (SSSR count). The number of primary amides is 1. The summed E-state index contributed by atoms with van der Waals surface area (Å²) < 4.78 is 0. The molecule has 1 aromatic heterocycles. The average molecular weight is 416 g/mol. The second kappa shape index (κ2) is 7.59. The summed E-state index contributed by atoms with van der Waals surface area (Å²) in [6, 6.07) is 4.20. The first-order valence-corrected chi connectivity index (χ1v) is 10.3. The van der Waals surface area contributed by atoms with Crippen LogP contribution < -0.4 is 11.1 Å². The number of rotatable bonds is 4. The number of benzene rings is 1. The Kier molecular flexibility index (Phi) is 5.49. The second-order valence-electron chi connectivity index (χ2n) is 8.59. The van der Waals surface area contributed by atoms with E-state index in [0.717, 1.165) is 29.7 Å². The second-order valence-corrected chi connectivity index (χ2v) is 9.70. The largest absolute Gasteiger partial charge is 0.365 e. The third-order valence-electron chi connectivity index (χ3n) is 5.62. The summed E-state index contributed by atoms with van der Waals surface area (Å²) in [5.41, 5.74) is 7.78. The first-order chi connectivity index (χ1) is 13.5. The number of carbonyl (C=O) groups is 2. The van der Waals surface area contributed by atoms with Crippen molar-refractivity contribution in [3.05, 3.63) is 55.4 Å². The number of hydrogen-bond acceptors (Lipinski definition) is 5. The fourth-order valence-corrected chi connectivity index (χ4v) is 5.18. The van der Waals surface area contributed by atoms with Gasteiger partial charge in [0.05, 0.1) is 10.5 Å². The number of nitro benzene ring substituents is 1. The molecule has 0 bridgehead atoms. The standard InChI is InChI=1S/C21H25N3O4S/c1-11-9-12(5-8-15(11)24(27)28)19(26)23-20-17(18(22)25)14-7-6-13(21(2,3)4)10-16(14)29-20/h5,8-9,13H,6-7,10H2,1-4H3,(H2,22,25)(H,23,26)/t13-/m0/s1. The highest BCUT2D eigenvalue weighted by atomic mass is 32.1. The molecule has 0 radical (unpaired) electrons. The first kappa shape index (κ1) is 21.0. The molecule has 7 nitrogen and oxygen atoms in total. The number of amides is 2. The Hall–Kier alpha value is -2.74. The summed E-state index contributed by atoms with van der Waals surface area (Å²) >= 11 is 1.40. The number of nitro groups is 1. The quantitative estimate of drug-likeness (QED) is 0.566. The molecule has 0 saturated carbocycles. The van der Waals surface area contributed by atoms with Gasteiger partial charge < -0.3 is 11.1 Å². The van der Waals surface area contributed by atoms with E-state index in [2.05, 4.69) is 26.1 Å². The zero-order chi connectivity index (χ0) is 21.5. The predicted octanol–water partition coefficient (Wildman–Crippen LogP) is 4.47. The molecule has 8 heteroatoms. The maximum absolute atomic E-state index is 12.7. The predicted molar refractivity (Wildman–Crippen MR) is 114 cm³/mol. The van der Waals surface area contributed by atoms with Gasteiger partial charge in [0.2, 0.25) is 0 Å². The van der Waals surface area contributed by atoms with Crippen LogP contribution in [0.4, 0.5) is 10.7 Å². The van der Waals surface area contributed by atoms with E-state index in [1.807, 2.05) is 0 Å². The fraction of sp³-hybridized carbons (Fsp3) is 0.429. The van der Waals surface area contributed by atoms with E-state index in [4.69, 9.17) is 5.73 Å². The van der Waals surface area contributed by atoms with E-state index in [1.54, 1.807) is 6.92 Å². The van der Waals surface area contributed by atoms with E-state index in [0.29, 0.717) is 27.6 Å².